The van der Waals surface area contributed by atoms with Gasteiger partial charge >= 0.3 is 0 Å². The van der Waals surface area contributed by atoms with E-state index in [2.05, 4.69) is 26.1 Å². The number of benzene rings is 2. The molecule has 0 radical (unpaired) electrons. The molecule has 0 amide bonds. The highest BCUT2D eigenvalue weighted by Gasteiger charge is 2.17. The summed E-state index contributed by atoms with van der Waals surface area (Å²) in [7, 11) is 0. The van der Waals surface area contributed by atoms with Gasteiger partial charge in [-0.25, -0.2) is 8.78 Å². The number of nitrogen functional groups attached to an aromatic ring is 1. The maximum absolute atomic E-state index is 13.5. The lowest BCUT2D eigenvalue weighted by molar-refractivity contribution is 0.432. The standard InChI is InChI=1S/C14H8BrF2N3O/c15-11-9(5-6-10(16)12(11)17)13-19-14(21-20-13)7-1-3-8(18)4-2-7/h1-6H,18H2. The number of aromatic nitrogens is 2. The molecule has 1 heterocycles. The summed E-state index contributed by atoms with van der Waals surface area (Å²) in [6, 6.07) is 9.24. The van der Waals surface area contributed by atoms with Crippen molar-refractivity contribution in [1.29, 1.82) is 0 Å². The molecule has 0 saturated carbocycles. The molecule has 3 rings (SSSR count). The van der Waals surface area contributed by atoms with Crippen molar-refractivity contribution in [2.75, 3.05) is 5.73 Å². The van der Waals surface area contributed by atoms with E-state index in [0.717, 1.165) is 6.07 Å². The first-order valence-corrected chi connectivity index (χ1v) is 6.69. The van der Waals surface area contributed by atoms with Crippen LogP contribution in [0.3, 0.4) is 0 Å². The second-order valence-corrected chi connectivity index (χ2v) is 5.06. The molecule has 106 valence electrons. The molecule has 0 atom stereocenters. The van der Waals surface area contributed by atoms with Crippen molar-refractivity contribution in [3.63, 3.8) is 0 Å². The minimum atomic E-state index is -0.994. The van der Waals surface area contributed by atoms with Crippen LogP contribution in [0.25, 0.3) is 22.8 Å². The van der Waals surface area contributed by atoms with Gasteiger partial charge in [0, 0.05) is 16.8 Å². The van der Waals surface area contributed by atoms with Gasteiger partial charge in [0.15, 0.2) is 11.6 Å². The number of nitrogens with zero attached hydrogens (tertiary/aromatic N) is 2. The highest BCUT2D eigenvalue weighted by Crippen LogP contribution is 2.31. The van der Waals surface area contributed by atoms with E-state index in [1.807, 2.05) is 0 Å². The van der Waals surface area contributed by atoms with Gasteiger partial charge in [0.2, 0.25) is 5.82 Å². The van der Waals surface area contributed by atoms with Gasteiger partial charge in [-0.2, -0.15) is 4.98 Å². The van der Waals surface area contributed by atoms with Gasteiger partial charge < -0.3 is 10.3 Å². The molecule has 2 N–H and O–H groups in total. The van der Waals surface area contributed by atoms with Gasteiger partial charge in [0.25, 0.3) is 5.89 Å². The number of nitrogens with two attached hydrogens (primary N) is 1. The highest BCUT2D eigenvalue weighted by atomic mass is 79.9. The van der Waals surface area contributed by atoms with E-state index in [1.165, 1.54) is 6.07 Å². The Balaban J connectivity index is 2.03. The van der Waals surface area contributed by atoms with E-state index in [4.69, 9.17) is 10.3 Å². The van der Waals surface area contributed by atoms with E-state index in [9.17, 15) is 8.78 Å². The zero-order chi connectivity index (χ0) is 15.0. The zero-order valence-corrected chi connectivity index (χ0v) is 12.1. The first kappa shape index (κ1) is 13.7. The molecule has 0 saturated heterocycles. The summed E-state index contributed by atoms with van der Waals surface area (Å²) in [5, 5.41) is 3.78. The predicted molar refractivity (Wildman–Crippen MR) is 77.2 cm³/mol. The fourth-order valence-corrected chi connectivity index (χ4v) is 2.27. The van der Waals surface area contributed by atoms with Crippen molar-refractivity contribution in [1.82, 2.24) is 10.1 Å². The maximum Gasteiger partial charge on any atom is 0.258 e. The lowest BCUT2D eigenvalue weighted by Crippen LogP contribution is -1.90. The molecule has 0 aliphatic carbocycles. The van der Waals surface area contributed by atoms with Crippen LogP contribution in [-0.2, 0) is 0 Å². The minimum absolute atomic E-state index is 0.0489. The zero-order valence-electron chi connectivity index (χ0n) is 10.5. The summed E-state index contributed by atoms with van der Waals surface area (Å²) in [4.78, 5) is 4.17. The number of halogens is 3. The van der Waals surface area contributed by atoms with Gasteiger partial charge in [-0.3, -0.25) is 0 Å². The lowest BCUT2D eigenvalue weighted by atomic mass is 10.2. The molecule has 7 heteroatoms. The molecule has 0 bridgehead atoms. The van der Waals surface area contributed by atoms with E-state index in [-0.39, 0.29) is 16.2 Å². The number of hydrogen-bond donors (Lipinski definition) is 1. The van der Waals surface area contributed by atoms with Crippen LogP contribution < -0.4 is 5.73 Å². The number of rotatable bonds is 2. The van der Waals surface area contributed by atoms with Crippen LogP contribution in [0.2, 0.25) is 0 Å². The quantitative estimate of drug-likeness (QED) is 0.559. The average Bonchev–Trinajstić information content (AvgIpc) is 2.95. The van der Waals surface area contributed by atoms with Crippen LogP contribution in [0.5, 0.6) is 0 Å². The summed E-state index contributed by atoms with van der Waals surface area (Å²) in [6.07, 6.45) is 0. The Morgan fingerprint density at radius 2 is 1.76 bits per heavy atom. The van der Waals surface area contributed by atoms with Crippen molar-refractivity contribution in [2.45, 2.75) is 0 Å². The van der Waals surface area contributed by atoms with Crippen LogP contribution in [0.15, 0.2) is 45.4 Å². The predicted octanol–water partition coefficient (Wildman–Crippen LogP) is 4.03. The summed E-state index contributed by atoms with van der Waals surface area (Å²) >= 11 is 2.99. The smallest absolute Gasteiger partial charge is 0.258 e. The number of anilines is 1. The third-order valence-electron chi connectivity index (χ3n) is 2.86. The van der Waals surface area contributed by atoms with Crippen molar-refractivity contribution in [2.24, 2.45) is 0 Å². The summed E-state index contributed by atoms with van der Waals surface area (Å²) < 4.78 is 31.7. The van der Waals surface area contributed by atoms with Crippen LogP contribution in [0.1, 0.15) is 0 Å². The molecule has 1 aromatic heterocycles. The van der Waals surface area contributed by atoms with Gasteiger partial charge in [-0.05, 0) is 52.3 Å². The van der Waals surface area contributed by atoms with Gasteiger partial charge in [-0.1, -0.05) is 5.16 Å². The van der Waals surface area contributed by atoms with Crippen molar-refractivity contribution >= 4 is 21.6 Å². The molecule has 21 heavy (non-hydrogen) atoms. The Kier molecular flexibility index (Phi) is 3.42. The number of hydrogen-bond acceptors (Lipinski definition) is 4. The normalized spacial score (nSPS) is 10.8. The average molecular weight is 352 g/mol. The summed E-state index contributed by atoms with van der Waals surface area (Å²) in [6.45, 7) is 0. The van der Waals surface area contributed by atoms with Gasteiger partial charge in [0.1, 0.15) is 0 Å². The Hall–Kier alpha value is -2.28. The van der Waals surface area contributed by atoms with E-state index in [0.29, 0.717) is 16.8 Å². The lowest BCUT2D eigenvalue weighted by Gasteiger charge is -2.01. The SMILES string of the molecule is Nc1ccc(-c2nc(-c3ccc(F)c(F)c3Br)no2)cc1. The molecule has 0 aliphatic rings. The van der Waals surface area contributed by atoms with E-state index < -0.39 is 11.6 Å². The fraction of sp³-hybridized carbons (Fsp3) is 0. The van der Waals surface area contributed by atoms with Crippen molar-refractivity contribution < 1.29 is 13.3 Å². The van der Waals surface area contributed by atoms with Crippen LogP contribution in [0, 0.1) is 11.6 Å². The third-order valence-corrected chi connectivity index (χ3v) is 3.64. The van der Waals surface area contributed by atoms with Crippen molar-refractivity contribution in [3.05, 3.63) is 52.5 Å². The highest BCUT2D eigenvalue weighted by molar-refractivity contribution is 9.10. The molecular formula is C14H8BrF2N3O. The molecule has 0 fully saturated rings. The van der Waals surface area contributed by atoms with Crippen LogP contribution in [0.4, 0.5) is 14.5 Å². The molecule has 0 aliphatic heterocycles. The van der Waals surface area contributed by atoms with Gasteiger partial charge in [-0.15, -0.1) is 0 Å². The molecule has 0 spiro atoms. The molecule has 0 unspecified atom stereocenters. The van der Waals surface area contributed by atoms with E-state index >= 15 is 0 Å². The summed E-state index contributed by atoms with van der Waals surface area (Å²) in [5.74, 6) is -1.52. The molecule has 3 aromatic rings. The van der Waals surface area contributed by atoms with Gasteiger partial charge in [0.05, 0.1) is 4.47 Å². The summed E-state index contributed by atoms with van der Waals surface area (Å²) in [5.41, 5.74) is 7.20. The maximum atomic E-state index is 13.5. The largest absolute Gasteiger partial charge is 0.399 e. The molecule has 2 aromatic carbocycles. The Morgan fingerprint density at radius 3 is 2.48 bits per heavy atom. The first-order chi connectivity index (χ1) is 10.1. The second kappa shape index (κ2) is 5.25. The minimum Gasteiger partial charge on any atom is -0.399 e. The topological polar surface area (TPSA) is 64.9 Å². The molecule has 4 nitrogen and oxygen atoms in total. The van der Waals surface area contributed by atoms with Crippen molar-refractivity contribution in [3.8, 4) is 22.8 Å². The van der Waals surface area contributed by atoms with E-state index in [1.54, 1.807) is 24.3 Å². The van der Waals surface area contributed by atoms with Crippen LogP contribution in [-0.4, -0.2) is 10.1 Å². The Labute approximate surface area is 126 Å². The fourth-order valence-electron chi connectivity index (χ4n) is 1.77. The Morgan fingerprint density at radius 1 is 1.05 bits per heavy atom. The third kappa shape index (κ3) is 2.52. The Bertz CT molecular complexity index is 802. The monoisotopic (exact) mass is 351 g/mol. The molecular weight excluding hydrogens is 344 g/mol. The van der Waals surface area contributed by atoms with Crippen LogP contribution >= 0.6 is 15.9 Å². The second-order valence-electron chi connectivity index (χ2n) is 4.27. The first-order valence-electron chi connectivity index (χ1n) is 5.90.